The van der Waals surface area contributed by atoms with E-state index in [9.17, 15) is 0 Å². The topological polar surface area (TPSA) is 30.5 Å². The molecule has 3 unspecified atom stereocenters. The summed E-state index contributed by atoms with van der Waals surface area (Å²) < 4.78 is 11.2. The van der Waals surface area contributed by atoms with E-state index in [-0.39, 0.29) is 0 Å². The summed E-state index contributed by atoms with van der Waals surface area (Å²) in [6.07, 6.45) is 4.09. The molecule has 3 heteroatoms. The molecule has 0 amide bonds. The molecule has 0 spiro atoms. The zero-order chi connectivity index (χ0) is 11.4. The van der Waals surface area contributed by atoms with Gasteiger partial charge in [0.15, 0.2) is 0 Å². The molecular formula is C13H25NO2. The molecule has 2 heterocycles. The normalized spacial score (nSPS) is 34.1. The van der Waals surface area contributed by atoms with Crippen LogP contribution in [-0.2, 0) is 9.47 Å². The number of rotatable bonds is 4. The van der Waals surface area contributed by atoms with Crippen molar-refractivity contribution in [3.8, 4) is 0 Å². The molecule has 0 saturated carbocycles. The fraction of sp³-hybridized carbons (Fsp3) is 1.00. The fourth-order valence-corrected chi connectivity index (χ4v) is 3.13. The van der Waals surface area contributed by atoms with Gasteiger partial charge in [-0.25, -0.2) is 0 Å². The second-order valence-corrected chi connectivity index (χ2v) is 5.17. The maximum atomic E-state index is 5.71. The van der Waals surface area contributed by atoms with Crippen LogP contribution in [0, 0.1) is 11.8 Å². The quantitative estimate of drug-likeness (QED) is 0.794. The van der Waals surface area contributed by atoms with E-state index in [1.165, 1.54) is 19.3 Å². The van der Waals surface area contributed by atoms with Crippen molar-refractivity contribution < 1.29 is 9.47 Å². The van der Waals surface area contributed by atoms with Crippen molar-refractivity contribution in [2.45, 2.75) is 45.3 Å². The molecule has 2 saturated heterocycles. The first kappa shape index (κ1) is 12.3. The Morgan fingerprint density at radius 3 is 2.56 bits per heavy atom. The van der Waals surface area contributed by atoms with Crippen LogP contribution in [-0.4, -0.2) is 38.5 Å². The molecule has 16 heavy (non-hydrogen) atoms. The molecule has 3 nitrogen and oxygen atoms in total. The largest absolute Gasteiger partial charge is 0.381 e. The summed E-state index contributed by atoms with van der Waals surface area (Å²) in [4.78, 5) is 0. The first-order valence-electron chi connectivity index (χ1n) is 6.74. The average Bonchev–Trinajstić information content (AvgIpc) is 2.74. The van der Waals surface area contributed by atoms with Crippen molar-refractivity contribution in [2.24, 2.45) is 11.8 Å². The summed E-state index contributed by atoms with van der Waals surface area (Å²) in [7, 11) is 0. The number of ether oxygens (including phenoxy) is 2. The second-order valence-electron chi connectivity index (χ2n) is 5.17. The van der Waals surface area contributed by atoms with Crippen molar-refractivity contribution in [1.29, 1.82) is 0 Å². The lowest BCUT2D eigenvalue weighted by molar-refractivity contribution is 0.0423. The minimum Gasteiger partial charge on any atom is -0.381 e. The van der Waals surface area contributed by atoms with Crippen LogP contribution >= 0.6 is 0 Å². The van der Waals surface area contributed by atoms with Gasteiger partial charge in [0.1, 0.15) is 0 Å². The zero-order valence-electron chi connectivity index (χ0n) is 10.6. The lowest BCUT2D eigenvalue weighted by Gasteiger charge is -2.34. The summed E-state index contributed by atoms with van der Waals surface area (Å²) in [5.41, 5.74) is 0. The first-order valence-corrected chi connectivity index (χ1v) is 6.74. The molecular weight excluding hydrogens is 202 g/mol. The lowest BCUT2D eigenvalue weighted by Crippen LogP contribution is -2.44. The highest BCUT2D eigenvalue weighted by atomic mass is 16.5. The third kappa shape index (κ3) is 2.96. The average molecular weight is 227 g/mol. The molecule has 0 aliphatic carbocycles. The highest BCUT2D eigenvalue weighted by molar-refractivity contribution is 4.87. The number of hydrogen-bond donors (Lipinski definition) is 1. The van der Waals surface area contributed by atoms with E-state index in [0.717, 1.165) is 32.3 Å². The lowest BCUT2D eigenvalue weighted by atomic mass is 9.82. The Morgan fingerprint density at radius 2 is 2.00 bits per heavy atom. The smallest absolute Gasteiger partial charge is 0.0551 e. The number of nitrogens with one attached hydrogen (secondary N) is 1. The number of hydrogen-bond acceptors (Lipinski definition) is 3. The van der Waals surface area contributed by atoms with Crippen LogP contribution in [0.5, 0.6) is 0 Å². The van der Waals surface area contributed by atoms with E-state index < -0.39 is 0 Å². The van der Waals surface area contributed by atoms with Gasteiger partial charge < -0.3 is 14.8 Å². The molecule has 2 rings (SSSR count). The molecule has 2 aliphatic heterocycles. The molecule has 0 radical (unpaired) electrons. The van der Waals surface area contributed by atoms with Gasteiger partial charge in [-0.15, -0.1) is 0 Å². The summed E-state index contributed by atoms with van der Waals surface area (Å²) in [5.74, 6) is 1.49. The van der Waals surface area contributed by atoms with Gasteiger partial charge in [-0.2, -0.15) is 0 Å². The van der Waals surface area contributed by atoms with Gasteiger partial charge in [0.05, 0.1) is 12.7 Å². The molecule has 2 aliphatic rings. The summed E-state index contributed by atoms with van der Waals surface area (Å²) >= 11 is 0. The van der Waals surface area contributed by atoms with Gasteiger partial charge in [0.25, 0.3) is 0 Å². The van der Waals surface area contributed by atoms with Crippen LogP contribution in [0.3, 0.4) is 0 Å². The summed E-state index contributed by atoms with van der Waals surface area (Å²) in [6, 6.07) is 0.638. The molecule has 3 atom stereocenters. The predicted molar refractivity (Wildman–Crippen MR) is 64.5 cm³/mol. The minimum atomic E-state index is 0.450. The first-order chi connectivity index (χ1) is 7.81. The monoisotopic (exact) mass is 227 g/mol. The van der Waals surface area contributed by atoms with Crippen LogP contribution in [0.25, 0.3) is 0 Å². The predicted octanol–water partition coefficient (Wildman–Crippen LogP) is 1.82. The molecule has 94 valence electrons. The molecule has 0 aromatic heterocycles. The fourth-order valence-electron chi connectivity index (χ4n) is 3.13. The zero-order valence-corrected chi connectivity index (χ0v) is 10.6. The van der Waals surface area contributed by atoms with Crippen molar-refractivity contribution in [2.75, 3.05) is 26.4 Å². The molecule has 0 aromatic rings. The summed E-state index contributed by atoms with van der Waals surface area (Å²) in [6.45, 7) is 8.27. The SMILES string of the molecule is CCNC(C1CCOCC1)C1COC(C)C1. The van der Waals surface area contributed by atoms with E-state index in [1.807, 2.05) is 0 Å². The van der Waals surface area contributed by atoms with Crippen molar-refractivity contribution in [1.82, 2.24) is 5.32 Å². The molecule has 2 fully saturated rings. The minimum absolute atomic E-state index is 0.450. The Hall–Kier alpha value is -0.120. The van der Waals surface area contributed by atoms with Crippen LogP contribution in [0.4, 0.5) is 0 Å². The van der Waals surface area contributed by atoms with Gasteiger partial charge in [-0.3, -0.25) is 0 Å². The van der Waals surface area contributed by atoms with Gasteiger partial charge in [-0.1, -0.05) is 6.92 Å². The van der Waals surface area contributed by atoms with Crippen LogP contribution in [0.1, 0.15) is 33.1 Å². The summed E-state index contributed by atoms with van der Waals surface area (Å²) in [5, 5.41) is 3.68. The van der Waals surface area contributed by atoms with E-state index in [0.29, 0.717) is 18.1 Å². The van der Waals surface area contributed by atoms with Crippen LogP contribution in [0.2, 0.25) is 0 Å². The van der Waals surface area contributed by atoms with Crippen LogP contribution < -0.4 is 5.32 Å². The van der Waals surface area contributed by atoms with E-state index in [2.05, 4.69) is 19.2 Å². The van der Waals surface area contributed by atoms with E-state index in [4.69, 9.17) is 9.47 Å². The standard InChI is InChI=1S/C13H25NO2/c1-3-14-13(11-4-6-15-7-5-11)12-8-10(2)16-9-12/h10-14H,3-9H2,1-2H3. The Bertz CT molecular complexity index is 199. The maximum absolute atomic E-state index is 5.71. The Labute approximate surface area is 98.9 Å². The Morgan fingerprint density at radius 1 is 1.25 bits per heavy atom. The maximum Gasteiger partial charge on any atom is 0.0551 e. The molecule has 0 bridgehead atoms. The Balaban J connectivity index is 1.92. The van der Waals surface area contributed by atoms with Gasteiger partial charge in [0.2, 0.25) is 0 Å². The van der Waals surface area contributed by atoms with Crippen molar-refractivity contribution in [3.63, 3.8) is 0 Å². The Kier molecular flexibility index (Phi) is 4.62. The van der Waals surface area contributed by atoms with Gasteiger partial charge in [-0.05, 0) is 38.6 Å². The van der Waals surface area contributed by atoms with E-state index >= 15 is 0 Å². The highest BCUT2D eigenvalue weighted by Gasteiger charge is 2.34. The molecule has 0 aromatic carbocycles. The highest BCUT2D eigenvalue weighted by Crippen LogP contribution is 2.30. The second kappa shape index (κ2) is 5.99. The third-order valence-corrected chi connectivity index (χ3v) is 3.95. The van der Waals surface area contributed by atoms with Crippen molar-refractivity contribution in [3.05, 3.63) is 0 Å². The van der Waals surface area contributed by atoms with Crippen LogP contribution in [0.15, 0.2) is 0 Å². The molecule has 1 N–H and O–H groups in total. The van der Waals surface area contributed by atoms with Gasteiger partial charge in [0, 0.05) is 25.2 Å². The van der Waals surface area contributed by atoms with E-state index in [1.54, 1.807) is 0 Å². The third-order valence-electron chi connectivity index (χ3n) is 3.95. The van der Waals surface area contributed by atoms with Crippen molar-refractivity contribution >= 4 is 0 Å². The van der Waals surface area contributed by atoms with Gasteiger partial charge >= 0.3 is 0 Å².